The number of carbonyl (C=O) groups excluding carboxylic acids is 2. The van der Waals surface area contributed by atoms with Gasteiger partial charge in [0.05, 0.1) is 17.6 Å². The topological polar surface area (TPSA) is 107 Å². The predicted octanol–water partition coefficient (Wildman–Crippen LogP) is 0.128. The Morgan fingerprint density at radius 1 is 1.06 bits per heavy atom. The molecule has 3 aromatic rings. The molecule has 2 aromatic heterocycles. The quantitative estimate of drug-likeness (QED) is 0.580. The lowest BCUT2D eigenvalue weighted by Gasteiger charge is -2.34. The first-order chi connectivity index (χ1) is 14.7. The minimum absolute atomic E-state index is 0.00205. The monoisotopic (exact) mass is 423 g/mol. The van der Waals surface area contributed by atoms with Crippen molar-refractivity contribution >= 4 is 28.5 Å². The molecule has 2 amide bonds. The molecule has 160 valence electrons. The lowest BCUT2D eigenvalue weighted by molar-refractivity contribution is -0.135. The zero-order valence-electron chi connectivity index (χ0n) is 17.5. The molecule has 0 aliphatic carbocycles. The van der Waals surface area contributed by atoms with E-state index in [1.807, 2.05) is 0 Å². The number of carbonyl (C=O) groups is 2. The number of rotatable bonds is 2. The van der Waals surface area contributed by atoms with Gasteiger partial charge < -0.3 is 9.64 Å². The van der Waals surface area contributed by atoms with Gasteiger partial charge in [-0.05, 0) is 24.3 Å². The van der Waals surface area contributed by atoms with Gasteiger partial charge in [-0.2, -0.15) is 0 Å². The second-order valence-electron chi connectivity index (χ2n) is 7.50. The summed E-state index contributed by atoms with van der Waals surface area (Å²) in [4.78, 5) is 57.7. The van der Waals surface area contributed by atoms with E-state index in [-0.39, 0.29) is 29.2 Å². The van der Waals surface area contributed by atoms with Crippen molar-refractivity contribution in [1.29, 1.82) is 0 Å². The maximum absolute atomic E-state index is 13.4. The van der Waals surface area contributed by atoms with Gasteiger partial charge in [0.25, 0.3) is 17.4 Å². The van der Waals surface area contributed by atoms with Gasteiger partial charge in [-0.25, -0.2) is 9.78 Å². The minimum atomic E-state index is -0.869. The van der Waals surface area contributed by atoms with Gasteiger partial charge in [0, 0.05) is 28.2 Å². The van der Waals surface area contributed by atoms with E-state index in [0.29, 0.717) is 11.4 Å². The molecule has 4 rings (SSSR count). The number of nitrogens with zero attached hydrogens (tertiary/aromatic N) is 5. The summed E-state index contributed by atoms with van der Waals surface area (Å²) in [5.74, 6) is -0.337. The van der Waals surface area contributed by atoms with Crippen molar-refractivity contribution in [3.63, 3.8) is 0 Å². The number of fused-ring (bicyclic) bond motifs is 2. The number of amides is 2. The van der Waals surface area contributed by atoms with Crippen LogP contribution in [-0.2, 0) is 18.9 Å². The van der Waals surface area contributed by atoms with Gasteiger partial charge in [-0.3, -0.25) is 28.4 Å². The molecular formula is C21H21N5O5. The summed E-state index contributed by atoms with van der Waals surface area (Å²) < 4.78 is 8.02. The molecule has 1 aromatic carbocycles. The summed E-state index contributed by atoms with van der Waals surface area (Å²) in [5, 5.41) is 0.226. The van der Waals surface area contributed by atoms with E-state index in [2.05, 4.69) is 4.98 Å². The van der Waals surface area contributed by atoms with E-state index in [0.717, 1.165) is 4.57 Å². The third kappa shape index (κ3) is 3.25. The smallest absolute Gasteiger partial charge is 0.332 e. The van der Waals surface area contributed by atoms with Crippen LogP contribution in [0.25, 0.3) is 11.0 Å². The fourth-order valence-electron chi connectivity index (χ4n) is 3.55. The zero-order chi connectivity index (χ0) is 22.4. The first kappa shape index (κ1) is 20.3. The van der Waals surface area contributed by atoms with Gasteiger partial charge >= 0.3 is 5.69 Å². The first-order valence-electron chi connectivity index (χ1n) is 9.56. The van der Waals surface area contributed by atoms with Gasteiger partial charge in [0.15, 0.2) is 6.10 Å². The molecule has 0 unspecified atom stereocenters. The fourth-order valence-corrected chi connectivity index (χ4v) is 3.55. The Balaban J connectivity index is 1.81. The van der Waals surface area contributed by atoms with Gasteiger partial charge in [0.1, 0.15) is 17.1 Å². The van der Waals surface area contributed by atoms with Crippen LogP contribution in [0.1, 0.15) is 10.5 Å². The van der Waals surface area contributed by atoms with Crippen LogP contribution < -0.4 is 20.9 Å². The number of ether oxygens (including phenoxy) is 1. The molecule has 0 saturated heterocycles. The van der Waals surface area contributed by atoms with Crippen LogP contribution in [0.2, 0.25) is 0 Å². The predicted molar refractivity (Wildman–Crippen MR) is 113 cm³/mol. The van der Waals surface area contributed by atoms with Crippen LogP contribution in [0, 0.1) is 0 Å². The van der Waals surface area contributed by atoms with E-state index < -0.39 is 23.3 Å². The molecular weight excluding hydrogens is 402 g/mol. The number of aromatic nitrogens is 3. The summed E-state index contributed by atoms with van der Waals surface area (Å²) >= 11 is 0. The first-order valence-corrected chi connectivity index (χ1v) is 9.56. The highest BCUT2D eigenvalue weighted by Crippen LogP contribution is 2.34. The molecule has 0 bridgehead atoms. The number of benzene rings is 1. The summed E-state index contributed by atoms with van der Waals surface area (Å²) in [6.07, 6.45) is -0.869. The molecule has 0 fully saturated rings. The molecule has 0 N–H and O–H groups in total. The number of hydrogen-bond acceptors (Lipinski definition) is 6. The Bertz CT molecular complexity index is 1340. The second kappa shape index (κ2) is 7.38. The number of hydrogen-bond donors (Lipinski definition) is 0. The zero-order valence-corrected chi connectivity index (χ0v) is 17.5. The Morgan fingerprint density at radius 2 is 1.77 bits per heavy atom. The van der Waals surface area contributed by atoms with E-state index in [9.17, 15) is 19.2 Å². The highest BCUT2D eigenvalue weighted by molar-refractivity contribution is 6.07. The molecule has 31 heavy (non-hydrogen) atoms. The number of anilines is 1. The highest BCUT2D eigenvalue weighted by atomic mass is 16.5. The largest absolute Gasteiger partial charge is 0.476 e. The third-order valence-electron chi connectivity index (χ3n) is 5.26. The Morgan fingerprint density at radius 3 is 2.48 bits per heavy atom. The van der Waals surface area contributed by atoms with Crippen molar-refractivity contribution < 1.29 is 14.3 Å². The van der Waals surface area contributed by atoms with Gasteiger partial charge in [0.2, 0.25) is 0 Å². The Kier molecular flexibility index (Phi) is 4.84. The van der Waals surface area contributed by atoms with Crippen molar-refractivity contribution in [2.45, 2.75) is 6.10 Å². The normalized spacial score (nSPS) is 15.4. The SMILES string of the molecule is CN(C)C(=O)[C@@H]1CN(C(=O)c2ccc3c(=O)n(C)c(=O)n(C)c3n2)c2ccccc2O1. The molecule has 1 atom stereocenters. The maximum Gasteiger partial charge on any atom is 0.332 e. The lowest BCUT2D eigenvalue weighted by Crippen LogP contribution is -2.50. The molecule has 10 heteroatoms. The van der Waals surface area contributed by atoms with Crippen LogP contribution >= 0.6 is 0 Å². The maximum atomic E-state index is 13.4. The molecule has 10 nitrogen and oxygen atoms in total. The fraction of sp³-hybridized carbons (Fsp3) is 0.286. The van der Waals surface area contributed by atoms with Crippen molar-refractivity contribution in [3.05, 3.63) is 62.9 Å². The number of likely N-dealkylation sites (N-methyl/N-ethyl adjacent to an activating group) is 1. The molecule has 1 aliphatic heterocycles. The van der Waals surface area contributed by atoms with Crippen LogP contribution in [-0.4, -0.2) is 57.6 Å². The second-order valence-corrected chi connectivity index (χ2v) is 7.50. The van der Waals surface area contributed by atoms with E-state index in [1.54, 1.807) is 38.4 Å². The highest BCUT2D eigenvalue weighted by Gasteiger charge is 2.35. The summed E-state index contributed by atoms with van der Waals surface area (Å²) in [5.41, 5.74) is -0.360. The molecule has 0 saturated carbocycles. The molecule has 0 spiro atoms. The average molecular weight is 423 g/mol. The third-order valence-corrected chi connectivity index (χ3v) is 5.26. The average Bonchev–Trinajstić information content (AvgIpc) is 2.79. The van der Waals surface area contributed by atoms with Crippen LogP contribution in [0.15, 0.2) is 46.0 Å². The Hall–Kier alpha value is -3.95. The van der Waals surface area contributed by atoms with E-state index in [4.69, 9.17) is 4.74 Å². The van der Waals surface area contributed by atoms with Crippen molar-refractivity contribution in [2.24, 2.45) is 14.1 Å². The van der Waals surface area contributed by atoms with Crippen molar-refractivity contribution in [1.82, 2.24) is 19.0 Å². The molecule has 3 heterocycles. The number of aryl methyl sites for hydroxylation is 1. The number of para-hydroxylation sites is 2. The van der Waals surface area contributed by atoms with Crippen molar-refractivity contribution in [3.8, 4) is 5.75 Å². The van der Waals surface area contributed by atoms with Crippen LogP contribution in [0.3, 0.4) is 0 Å². The summed E-state index contributed by atoms with van der Waals surface area (Å²) in [7, 11) is 6.10. The minimum Gasteiger partial charge on any atom is -0.476 e. The van der Waals surface area contributed by atoms with E-state index in [1.165, 1.54) is 40.6 Å². The standard InChI is InChI=1S/C21H21N5O5/c1-23(2)20(29)16-11-26(14-7-5-6-8-15(14)31-16)19(28)13-10-9-12-17(22-13)24(3)21(30)25(4)18(12)27/h5-10,16H,11H2,1-4H3/t16-/m0/s1. The van der Waals surface area contributed by atoms with E-state index >= 15 is 0 Å². The molecule has 1 aliphatic rings. The Labute approximate surface area is 176 Å². The van der Waals surface area contributed by atoms with Crippen molar-refractivity contribution in [2.75, 3.05) is 25.5 Å². The summed E-state index contributed by atoms with van der Waals surface area (Å²) in [6, 6.07) is 9.84. The van der Waals surface area contributed by atoms with Gasteiger partial charge in [-0.15, -0.1) is 0 Å². The molecule has 0 radical (unpaired) electrons. The van der Waals surface area contributed by atoms with Crippen LogP contribution in [0.4, 0.5) is 5.69 Å². The van der Waals surface area contributed by atoms with Crippen LogP contribution in [0.5, 0.6) is 5.75 Å². The summed E-state index contributed by atoms with van der Waals surface area (Å²) in [6.45, 7) is 0.00205. The lowest BCUT2D eigenvalue weighted by atomic mass is 10.1. The number of pyridine rings is 1. The van der Waals surface area contributed by atoms with Gasteiger partial charge in [-0.1, -0.05) is 12.1 Å².